The SMILES string of the molecule is Cn1ccc(NC(=O)C=Cc2ccsc2)n1. The maximum absolute atomic E-state index is 11.5. The second-order valence-corrected chi connectivity index (χ2v) is 4.03. The number of amides is 1. The average Bonchev–Trinajstić information content (AvgIpc) is 2.87. The van der Waals surface area contributed by atoms with Crippen LogP contribution in [0.1, 0.15) is 5.56 Å². The maximum Gasteiger partial charge on any atom is 0.249 e. The zero-order valence-corrected chi connectivity index (χ0v) is 9.57. The molecule has 0 aliphatic carbocycles. The third-order valence-corrected chi connectivity index (χ3v) is 2.64. The van der Waals surface area contributed by atoms with Crippen LogP contribution < -0.4 is 5.32 Å². The van der Waals surface area contributed by atoms with Crippen molar-refractivity contribution in [1.82, 2.24) is 9.78 Å². The van der Waals surface area contributed by atoms with Crippen LogP contribution in [0.5, 0.6) is 0 Å². The number of aromatic nitrogens is 2. The summed E-state index contributed by atoms with van der Waals surface area (Å²) in [5.74, 6) is 0.382. The van der Waals surface area contributed by atoms with E-state index in [9.17, 15) is 4.79 Å². The summed E-state index contributed by atoms with van der Waals surface area (Å²) in [7, 11) is 1.80. The lowest BCUT2D eigenvalue weighted by molar-refractivity contribution is -0.111. The van der Waals surface area contributed by atoms with E-state index in [-0.39, 0.29) is 5.91 Å². The molecule has 0 fully saturated rings. The predicted molar refractivity (Wildman–Crippen MR) is 65.2 cm³/mol. The Morgan fingerprint density at radius 2 is 2.44 bits per heavy atom. The van der Waals surface area contributed by atoms with Gasteiger partial charge < -0.3 is 5.32 Å². The van der Waals surface area contributed by atoms with Gasteiger partial charge >= 0.3 is 0 Å². The molecule has 0 atom stereocenters. The van der Waals surface area contributed by atoms with Crippen LogP contribution in [0.15, 0.2) is 35.2 Å². The van der Waals surface area contributed by atoms with Gasteiger partial charge in [-0.25, -0.2) is 0 Å². The van der Waals surface area contributed by atoms with E-state index in [0.717, 1.165) is 5.56 Å². The Bertz CT molecular complexity index is 499. The van der Waals surface area contributed by atoms with E-state index in [1.54, 1.807) is 41.4 Å². The summed E-state index contributed by atoms with van der Waals surface area (Å²) >= 11 is 1.60. The Kier molecular flexibility index (Phi) is 3.16. The van der Waals surface area contributed by atoms with E-state index in [1.807, 2.05) is 16.8 Å². The lowest BCUT2D eigenvalue weighted by atomic mass is 10.3. The minimum atomic E-state index is -0.176. The van der Waals surface area contributed by atoms with Crippen LogP contribution >= 0.6 is 11.3 Å². The molecule has 2 rings (SSSR count). The fraction of sp³-hybridized carbons (Fsp3) is 0.0909. The molecule has 0 aliphatic heterocycles. The zero-order chi connectivity index (χ0) is 11.4. The van der Waals surface area contributed by atoms with Crippen LogP contribution in [0.3, 0.4) is 0 Å². The van der Waals surface area contributed by atoms with Crippen LogP contribution in [0.2, 0.25) is 0 Å². The highest BCUT2D eigenvalue weighted by atomic mass is 32.1. The number of nitrogens with one attached hydrogen (secondary N) is 1. The molecule has 0 aliphatic rings. The highest BCUT2D eigenvalue weighted by molar-refractivity contribution is 7.08. The lowest BCUT2D eigenvalue weighted by Gasteiger charge is -1.95. The monoisotopic (exact) mass is 233 g/mol. The second-order valence-electron chi connectivity index (χ2n) is 3.25. The number of aryl methyl sites for hydroxylation is 1. The quantitative estimate of drug-likeness (QED) is 0.825. The number of hydrogen-bond donors (Lipinski definition) is 1. The van der Waals surface area contributed by atoms with Gasteiger partial charge in [-0.15, -0.1) is 0 Å². The van der Waals surface area contributed by atoms with Crippen molar-refractivity contribution < 1.29 is 4.79 Å². The van der Waals surface area contributed by atoms with Crippen LogP contribution in [0, 0.1) is 0 Å². The van der Waals surface area contributed by atoms with Crippen LogP contribution in [0.25, 0.3) is 6.08 Å². The van der Waals surface area contributed by atoms with Gasteiger partial charge in [0.2, 0.25) is 5.91 Å². The molecule has 5 heteroatoms. The molecule has 0 unspecified atom stereocenters. The smallest absolute Gasteiger partial charge is 0.249 e. The molecule has 0 spiro atoms. The third-order valence-electron chi connectivity index (χ3n) is 1.94. The van der Waals surface area contributed by atoms with Gasteiger partial charge in [-0.05, 0) is 28.5 Å². The average molecular weight is 233 g/mol. The molecule has 0 radical (unpaired) electrons. The fourth-order valence-corrected chi connectivity index (χ4v) is 1.82. The summed E-state index contributed by atoms with van der Waals surface area (Å²) in [5, 5.41) is 10.7. The van der Waals surface area contributed by atoms with Gasteiger partial charge in [0.25, 0.3) is 0 Å². The number of anilines is 1. The molecule has 0 saturated heterocycles. The van der Waals surface area contributed by atoms with E-state index in [4.69, 9.17) is 0 Å². The van der Waals surface area contributed by atoms with E-state index in [1.165, 1.54) is 6.08 Å². The Labute approximate surface area is 97.2 Å². The van der Waals surface area contributed by atoms with Gasteiger partial charge in [-0.3, -0.25) is 9.48 Å². The number of thiophene rings is 1. The number of carbonyl (C=O) groups is 1. The molecule has 82 valence electrons. The van der Waals surface area contributed by atoms with Gasteiger partial charge in [-0.1, -0.05) is 0 Å². The predicted octanol–water partition coefficient (Wildman–Crippen LogP) is 2.13. The minimum Gasteiger partial charge on any atom is -0.306 e. The first-order chi connectivity index (χ1) is 7.74. The van der Waals surface area contributed by atoms with Crippen molar-refractivity contribution in [3.05, 3.63) is 40.7 Å². The Hall–Kier alpha value is -1.88. The van der Waals surface area contributed by atoms with Crippen molar-refractivity contribution in [3.63, 3.8) is 0 Å². The third kappa shape index (κ3) is 2.80. The van der Waals surface area contributed by atoms with Crippen molar-refractivity contribution in [1.29, 1.82) is 0 Å². The zero-order valence-electron chi connectivity index (χ0n) is 8.75. The molecule has 0 saturated carbocycles. The summed E-state index contributed by atoms with van der Waals surface area (Å²) in [6, 6.07) is 3.70. The molecule has 0 aromatic carbocycles. The lowest BCUT2D eigenvalue weighted by Crippen LogP contribution is -2.08. The molecule has 4 nitrogen and oxygen atoms in total. The van der Waals surface area contributed by atoms with E-state index >= 15 is 0 Å². The highest BCUT2D eigenvalue weighted by Gasteiger charge is 1.99. The van der Waals surface area contributed by atoms with Gasteiger partial charge in [0.05, 0.1) is 0 Å². The fourth-order valence-electron chi connectivity index (χ4n) is 1.19. The van der Waals surface area contributed by atoms with Gasteiger partial charge in [0, 0.05) is 25.4 Å². The second kappa shape index (κ2) is 4.76. The standard InChI is InChI=1S/C11H11N3OS/c1-14-6-4-10(13-14)12-11(15)3-2-9-5-7-16-8-9/h2-8H,1H3,(H,12,13,15). The van der Waals surface area contributed by atoms with Crippen molar-refractivity contribution >= 4 is 29.1 Å². The summed E-state index contributed by atoms with van der Waals surface area (Å²) in [4.78, 5) is 11.5. The number of hydrogen-bond acceptors (Lipinski definition) is 3. The minimum absolute atomic E-state index is 0.176. The summed E-state index contributed by atoms with van der Waals surface area (Å²) in [6.45, 7) is 0. The Balaban J connectivity index is 1.94. The first-order valence-corrected chi connectivity index (χ1v) is 5.69. The maximum atomic E-state index is 11.5. The largest absolute Gasteiger partial charge is 0.306 e. The Morgan fingerprint density at radius 1 is 1.56 bits per heavy atom. The first kappa shape index (κ1) is 10.6. The summed E-state index contributed by atoms with van der Waals surface area (Å²) in [6.07, 6.45) is 5.05. The highest BCUT2D eigenvalue weighted by Crippen LogP contribution is 2.08. The van der Waals surface area contributed by atoms with E-state index in [0.29, 0.717) is 5.82 Å². The number of carbonyl (C=O) groups excluding carboxylic acids is 1. The first-order valence-electron chi connectivity index (χ1n) is 4.75. The van der Waals surface area contributed by atoms with E-state index in [2.05, 4.69) is 10.4 Å². The van der Waals surface area contributed by atoms with Gasteiger partial charge in [-0.2, -0.15) is 16.4 Å². The van der Waals surface area contributed by atoms with Crippen molar-refractivity contribution in [3.8, 4) is 0 Å². The molecule has 2 aromatic heterocycles. The molecule has 0 bridgehead atoms. The molecule has 2 aromatic rings. The Morgan fingerprint density at radius 3 is 3.06 bits per heavy atom. The van der Waals surface area contributed by atoms with Crippen molar-refractivity contribution in [2.24, 2.45) is 7.05 Å². The van der Waals surface area contributed by atoms with E-state index < -0.39 is 0 Å². The molecular formula is C11H11N3OS. The number of rotatable bonds is 3. The summed E-state index contributed by atoms with van der Waals surface area (Å²) in [5.41, 5.74) is 1.03. The van der Waals surface area contributed by atoms with Crippen molar-refractivity contribution in [2.45, 2.75) is 0 Å². The number of nitrogens with zero attached hydrogens (tertiary/aromatic N) is 2. The molecule has 1 amide bonds. The van der Waals surface area contributed by atoms with Crippen LogP contribution in [-0.4, -0.2) is 15.7 Å². The normalized spacial score (nSPS) is 10.8. The van der Waals surface area contributed by atoms with Crippen LogP contribution in [0.4, 0.5) is 5.82 Å². The molecule has 2 heterocycles. The molecule has 16 heavy (non-hydrogen) atoms. The van der Waals surface area contributed by atoms with Gasteiger partial charge in [0.1, 0.15) is 0 Å². The topological polar surface area (TPSA) is 46.9 Å². The summed E-state index contributed by atoms with van der Waals surface area (Å²) < 4.78 is 1.64. The van der Waals surface area contributed by atoms with Crippen molar-refractivity contribution in [2.75, 3.05) is 5.32 Å². The molecule has 1 N–H and O–H groups in total. The molecular weight excluding hydrogens is 222 g/mol. The van der Waals surface area contributed by atoms with Crippen LogP contribution in [-0.2, 0) is 11.8 Å². The van der Waals surface area contributed by atoms with Gasteiger partial charge in [0.15, 0.2) is 5.82 Å².